The van der Waals surface area contributed by atoms with Crippen molar-refractivity contribution < 1.29 is 9.53 Å². The molecule has 2 aromatic carbocycles. The summed E-state index contributed by atoms with van der Waals surface area (Å²) in [6, 6.07) is 15.3. The van der Waals surface area contributed by atoms with Crippen LogP contribution in [0, 0.1) is 0 Å². The molecule has 3 heteroatoms. The lowest BCUT2D eigenvalue weighted by Gasteiger charge is -2.07. The highest BCUT2D eigenvalue weighted by Gasteiger charge is 2.05. The molecule has 0 unspecified atom stereocenters. The van der Waals surface area contributed by atoms with E-state index in [0.717, 1.165) is 11.1 Å². The Morgan fingerprint density at radius 3 is 2.35 bits per heavy atom. The van der Waals surface area contributed by atoms with E-state index < -0.39 is 0 Å². The quantitative estimate of drug-likeness (QED) is 0.487. The SMILES string of the molecule is CC(=O)Oc1ccc(-c2ccccc2)cc1N. The molecule has 0 saturated heterocycles. The molecular weight excluding hydrogens is 214 g/mol. The summed E-state index contributed by atoms with van der Waals surface area (Å²) in [5, 5.41) is 0. The molecule has 2 N–H and O–H groups in total. The Bertz CT molecular complexity index is 535. The average molecular weight is 227 g/mol. The number of benzene rings is 2. The first-order chi connectivity index (χ1) is 8.16. The van der Waals surface area contributed by atoms with Crippen LogP contribution in [0.4, 0.5) is 5.69 Å². The Balaban J connectivity index is 2.34. The second-order valence-electron chi connectivity index (χ2n) is 3.71. The molecule has 0 aliphatic heterocycles. The minimum Gasteiger partial charge on any atom is -0.425 e. The molecule has 0 aromatic heterocycles. The van der Waals surface area contributed by atoms with Crippen molar-refractivity contribution in [1.82, 2.24) is 0 Å². The van der Waals surface area contributed by atoms with Crippen LogP contribution >= 0.6 is 0 Å². The number of nitrogen functional groups attached to an aromatic ring is 1. The van der Waals surface area contributed by atoms with Gasteiger partial charge in [0.05, 0.1) is 5.69 Å². The predicted octanol–water partition coefficient (Wildman–Crippen LogP) is 2.86. The fourth-order valence-corrected chi connectivity index (χ4v) is 1.61. The van der Waals surface area contributed by atoms with Crippen LogP contribution in [0.3, 0.4) is 0 Å². The average Bonchev–Trinajstić information content (AvgIpc) is 2.32. The molecule has 2 rings (SSSR count). The molecule has 0 atom stereocenters. The van der Waals surface area contributed by atoms with Crippen LogP contribution in [0.2, 0.25) is 0 Å². The smallest absolute Gasteiger partial charge is 0.308 e. The first-order valence-corrected chi connectivity index (χ1v) is 5.30. The third-order valence-corrected chi connectivity index (χ3v) is 2.37. The number of carbonyl (C=O) groups excluding carboxylic acids is 1. The summed E-state index contributed by atoms with van der Waals surface area (Å²) >= 11 is 0. The standard InChI is InChI=1S/C14H13NO2/c1-10(16)17-14-8-7-12(9-13(14)15)11-5-3-2-4-6-11/h2-9H,15H2,1H3. The molecular formula is C14H13NO2. The van der Waals surface area contributed by atoms with E-state index >= 15 is 0 Å². The van der Waals surface area contributed by atoms with Crippen LogP contribution in [0.1, 0.15) is 6.92 Å². The highest BCUT2D eigenvalue weighted by Crippen LogP contribution is 2.28. The van der Waals surface area contributed by atoms with E-state index in [1.807, 2.05) is 36.4 Å². The summed E-state index contributed by atoms with van der Waals surface area (Å²) in [7, 11) is 0. The van der Waals surface area contributed by atoms with Crippen LogP contribution in [-0.4, -0.2) is 5.97 Å². The fraction of sp³-hybridized carbons (Fsp3) is 0.0714. The number of hydrogen-bond acceptors (Lipinski definition) is 3. The molecule has 0 radical (unpaired) electrons. The van der Waals surface area contributed by atoms with Crippen molar-refractivity contribution in [3.05, 3.63) is 48.5 Å². The van der Waals surface area contributed by atoms with Crippen molar-refractivity contribution >= 4 is 11.7 Å². The van der Waals surface area contributed by atoms with Gasteiger partial charge < -0.3 is 10.5 Å². The van der Waals surface area contributed by atoms with Crippen molar-refractivity contribution in [2.75, 3.05) is 5.73 Å². The van der Waals surface area contributed by atoms with Gasteiger partial charge in [-0.05, 0) is 23.3 Å². The Hall–Kier alpha value is -2.29. The van der Waals surface area contributed by atoms with Gasteiger partial charge in [0.2, 0.25) is 0 Å². The summed E-state index contributed by atoms with van der Waals surface area (Å²) < 4.78 is 4.97. The van der Waals surface area contributed by atoms with E-state index in [4.69, 9.17) is 10.5 Å². The van der Waals surface area contributed by atoms with Crippen LogP contribution in [0.5, 0.6) is 5.75 Å². The molecule has 86 valence electrons. The monoisotopic (exact) mass is 227 g/mol. The zero-order chi connectivity index (χ0) is 12.3. The van der Waals surface area contributed by atoms with Gasteiger partial charge in [0.1, 0.15) is 0 Å². The summed E-state index contributed by atoms with van der Waals surface area (Å²) in [6.07, 6.45) is 0. The third-order valence-electron chi connectivity index (χ3n) is 2.37. The fourth-order valence-electron chi connectivity index (χ4n) is 1.61. The van der Waals surface area contributed by atoms with E-state index in [9.17, 15) is 4.79 Å². The number of anilines is 1. The molecule has 0 fully saturated rings. The second-order valence-corrected chi connectivity index (χ2v) is 3.71. The Labute approximate surface area is 99.8 Å². The Morgan fingerprint density at radius 1 is 1.06 bits per heavy atom. The van der Waals surface area contributed by atoms with Gasteiger partial charge in [-0.3, -0.25) is 4.79 Å². The Kier molecular flexibility index (Phi) is 3.10. The summed E-state index contributed by atoms with van der Waals surface area (Å²) in [5.74, 6) is 0.0290. The largest absolute Gasteiger partial charge is 0.425 e. The summed E-state index contributed by atoms with van der Waals surface area (Å²) in [6.45, 7) is 1.35. The first-order valence-electron chi connectivity index (χ1n) is 5.30. The molecule has 3 nitrogen and oxygen atoms in total. The van der Waals surface area contributed by atoms with Crippen molar-refractivity contribution in [2.45, 2.75) is 6.92 Å². The van der Waals surface area contributed by atoms with Crippen molar-refractivity contribution in [1.29, 1.82) is 0 Å². The first kappa shape index (κ1) is 11.2. The molecule has 0 amide bonds. The van der Waals surface area contributed by atoms with E-state index in [2.05, 4.69) is 0 Å². The molecule has 0 heterocycles. The normalized spacial score (nSPS) is 9.94. The van der Waals surface area contributed by atoms with Gasteiger partial charge in [-0.1, -0.05) is 36.4 Å². The van der Waals surface area contributed by atoms with Gasteiger partial charge in [0.25, 0.3) is 0 Å². The van der Waals surface area contributed by atoms with E-state index in [-0.39, 0.29) is 5.97 Å². The zero-order valence-corrected chi connectivity index (χ0v) is 9.51. The second kappa shape index (κ2) is 4.70. The summed E-state index contributed by atoms with van der Waals surface area (Å²) in [4.78, 5) is 10.8. The van der Waals surface area contributed by atoms with Gasteiger partial charge in [0, 0.05) is 6.92 Å². The van der Waals surface area contributed by atoms with Crippen LogP contribution in [-0.2, 0) is 4.79 Å². The number of carbonyl (C=O) groups is 1. The maximum atomic E-state index is 10.8. The Morgan fingerprint density at radius 2 is 1.76 bits per heavy atom. The maximum Gasteiger partial charge on any atom is 0.308 e. The number of rotatable bonds is 2. The molecule has 2 aromatic rings. The zero-order valence-electron chi connectivity index (χ0n) is 9.51. The number of esters is 1. The van der Waals surface area contributed by atoms with Crippen LogP contribution in [0.15, 0.2) is 48.5 Å². The number of hydrogen-bond donors (Lipinski definition) is 1. The lowest BCUT2D eigenvalue weighted by atomic mass is 10.1. The third kappa shape index (κ3) is 2.64. The van der Waals surface area contributed by atoms with Crippen LogP contribution in [0.25, 0.3) is 11.1 Å². The lowest BCUT2D eigenvalue weighted by molar-refractivity contribution is -0.131. The molecule has 0 bridgehead atoms. The molecule has 0 aliphatic rings. The highest BCUT2D eigenvalue weighted by atomic mass is 16.5. The summed E-state index contributed by atoms with van der Waals surface area (Å²) in [5.41, 5.74) is 8.37. The van der Waals surface area contributed by atoms with Gasteiger partial charge in [-0.15, -0.1) is 0 Å². The van der Waals surface area contributed by atoms with Gasteiger partial charge >= 0.3 is 5.97 Å². The minimum atomic E-state index is -0.371. The van der Waals surface area contributed by atoms with E-state index in [0.29, 0.717) is 11.4 Å². The van der Waals surface area contributed by atoms with Crippen molar-refractivity contribution in [3.63, 3.8) is 0 Å². The minimum absolute atomic E-state index is 0.371. The van der Waals surface area contributed by atoms with Gasteiger partial charge in [0.15, 0.2) is 5.75 Å². The maximum absolute atomic E-state index is 10.8. The topological polar surface area (TPSA) is 52.3 Å². The van der Waals surface area contributed by atoms with Crippen LogP contribution < -0.4 is 10.5 Å². The highest BCUT2D eigenvalue weighted by molar-refractivity contribution is 5.75. The van der Waals surface area contributed by atoms with Gasteiger partial charge in [-0.25, -0.2) is 0 Å². The molecule has 0 spiro atoms. The van der Waals surface area contributed by atoms with E-state index in [1.165, 1.54) is 6.92 Å². The number of ether oxygens (including phenoxy) is 1. The van der Waals surface area contributed by atoms with Crippen molar-refractivity contribution in [3.8, 4) is 16.9 Å². The van der Waals surface area contributed by atoms with Gasteiger partial charge in [-0.2, -0.15) is 0 Å². The molecule has 0 aliphatic carbocycles. The molecule has 0 saturated carbocycles. The number of nitrogens with two attached hydrogens (primary N) is 1. The predicted molar refractivity (Wildman–Crippen MR) is 67.6 cm³/mol. The molecule has 17 heavy (non-hydrogen) atoms. The van der Waals surface area contributed by atoms with E-state index in [1.54, 1.807) is 12.1 Å². The lowest BCUT2D eigenvalue weighted by Crippen LogP contribution is -2.03. The van der Waals surface area contributed by atoms with Crippen molar-refractivity contribution in [2.24, 2.45) is 0 Å².